The van der Waals surface area contributed by atoms with Crippen LogP contribution >= 0.6 is 0 Å². The van der Waals surface area contributed by atoms with Crippen molar-refractivity contribution in [1.82, 2.24) is 9.97 Å². The molecule has 1 aromatic heterocycles. The molecule has 0 saturated heterocycles. The number of H-pyrrole nitrogens is 1. The van der Waals surface area contributed by atoms with Gasteiger partial charge in [-0.1, -0.05) is 6.07 Å². The van der Waals surface area contributed by atoms with E-state index in [0.29, 0.717) is 17.1 Å². The number of rotatable bonds is 3. The fraction of sp³-hybridized carbons (Fsp3) is 0.250. The van der Waals surface area contributed by atoms with Gasteiger partial charge in [-0.2, -0.15) is 13.2 Å². The molecule has 0 radical (unpaired) electrons. The van der Waals surface area contributed by atoms with Crippen LogP contribution in [-0.4, -0.2) is 24.2 Å². The van der Waals surface area contributed by atoms with E-state index in [0.717, 1.165) is 6.20 Å². The molecule has 0 aliphatic rings. The van der Waals surface area contributed by atoms with Crippen molar-refractivity contribution < 1.29 is 22.6 Å². The zero-order valence-electron chi connectivity index (χ0n) is 10.2. The van der Waals surface area contributed by atoms with E-state index in [1.165, 1.54) is 14.2 Å². The third kappa shape index (κ3) is 2.49. The number of halogens is 3. The summed E-state index contributed by atoms with van der Waals surface area (Å²) >= 11 is 0. The van der Waals surface area contributed by atoms with E-state index < -0.39 is 11.9 Å². The molecule has 0 unspecified atom stereocenters. The smallest absolute Gasteiger partial charge is 0.432 e. The number of aromatic nitrogens is 2. The van der Waals surface area contributed by atoms with Crippen molar-refractivity contribution in [2.45, 2.75) is 6.18 Å². The Balaban J connectivity index is 2.55. The second kappa shape index (κ2) is 4.83. The molecular formula is C12H11F3N2O2. The number of imidazole rings is 1. The van der Waals surface area contributed by atoms with Crippen molar-refractivity contribution in [3.63, 3.8) is 0 Å². The Labute approximate surface area is 107 Å². The normalized spacial score (nSPS) is 11.4. The van der Waals surface area contributed by atoms with Crippen LogP contribution < -0.4 is 9.47 Å². The van der Waals surface area contributed by atoms with E-state index in [1.807, 2.05) is 0 Å². The Bertz CT molecular complexity index is 556. The maximum atomic E-state index is 12.5. The van der Waals surface area contributed by atoms with Gasteiger partial charge in [0.25, 0.3) is 0 Å². The number of hydrogen-bond acceptors (Lipinski definition) is 3. The first-order chi connectivity index (χ1) is 8.97. The number of hydrogen-bond donors (Lipinski definition) is 1. The summed E-state index contributed by atoms with van der Waals surface area (Å²) in [6.07, 6.45) is -3.73. The lowest BCUT2D eigenvalue weighted by atomic mass is 10.1. The lowest BCUT2D eigenvalue weighted by molar-refractivity contribution is -0.140. The fourth-order valence-electron chi connectivity index (χ4n) is 1.68. The summed E-state index contributed by atoms with van der Waals surface area (Å²) in [5.74, 6) is 0.798. The Hall–Kier alpha value is -2.18. The van der Waals surface area contributed by atoms with Gasteiger partial charge >= 0.3 is 6.18 Å². The van der Waals surface area contributed by atoms with Crippen molar-refractivity contribution in [2.24, 2.45) is 0 Å². The van der Waals surface area contributed by atoms with Crippen LogP contribution in [0.25, 0.3) is 11.4 Å². The Morgan fingerprint density at radius 2 is 1.68 bits per heavy atom. The molecule has 0 aliphatic heterocycles. The van der Waals surface area contributed by atoms with Crippen LogP contribution in [0.2, 0.25) is 0 Å². The van der Waals surface area contributed by atoms with Crippen molar-refractivity contribution in [1.29, 1.82) is 0 Å². The maximum Gasteiger partial charge on any atom is 0.432 e. The highest BCUT2D eigenvalue weighted by molar-refractivity contribution is 5.72. The molecule has 102 valence electrons. The molecule has 0 spiro atoms. The molecule has 7 heteroatoms. The van der Waals surface area contributed by atoms with Gasteiger partial charge < -0.3 is 14.5 Å². The van der Waals surface area contributed by atoms with Crippen LogP contribution in [0.15, 0.2) is 24.4 Å². The molecule has 0 amide bonds. The predicted molar refractivity (Wildman–Crippen MR) is 62.1 cm³/mol. The largest absolute Gasteiger partial charge is 0.496 e. The molecule has 0 fully saturated rings. The minimum atomic E-state index is -4.47. The zero-order chi connectivity index (χ0) is 14.0. The Morgan fingerprint density at radius 1 is 1.11 bits per heavy atom. The van der Waals surface area contributed by atoms with Gasteiger partial charge in [0.1, 0.15) is 28.6 Å². The standard InChI is InChI=1S/C12H11F3N2O2/c1-18-7-4-3-5-8(19-2)10(7)11-16-6-9(17-11)12(13,14)15/h3-6H,1-2H3,(H,16,17). The summed E-state index contributed by atoms with van der Waals surface area (Å²) in [4.78, 5) is 5.96. The van der Waals surface area contributed by atoms with Crippen molar-refractivity contribution in [3.05, 3.63) is 30.1 Å². The molecule has 1 aromatic carbocycles. The first kappa shape index (κ1) is 13.3. The third-order valence-electron chi connectivity index (χ3n) is 2.55. The Morgan fingerprint density at radius 3 is 2.11 bits per heavy atom. The summed E-state index contributed by atoms with van der Waals surface area (Å²) in [5, 5.41) is 0. The number of benzene rings is 1. The number of aromatic amines is 1. The number of nitrogens with zero attached hydrogens (tertiary/aromatic N) is 1. The van der Waals surface area contributed by atoms with E-state index in [2.05, 4.69) is 9.97 Å². The first-order valence-electron chi connectivity index (χ1n) is 5.31. The van der Waals surface area contributed by atoms with Crippen LogP contribution in [0.5, 0.6) is 11.5 Å². The third-order valence-corrected chi connectivity index (χ3v) is 2.55. The molecule has 1 N–H and O–H groups in total. The fourth-order valence-corrected chi connectivity index (χ4v) is 1.68. The van der Waals surface area contributed by atoms with Crippen LogP contribution in [0.3, 0.4) is 0 Å². The van der Waals surface area contributed by atoms with Gasteiger partial charge in [-0.15, -0.1) is 0 Å². The van der Waals surface area contributed by atoms with E-state index in [9.17, 15) is 13.2 Å². The number of alkyl halides is 3. The van der Waals surface area contributed by atoms with Crippen LogP contribution in [0.1, 0.15) is 5.69 Å². The predicted octanol–water partition coefficient (Wildman–Crippen LogP) is 3.11. The van der Waals surface area contributed by atoms with Gasteiger partial charge in [0.2, 0.25) is 0 Å². The highest BCUT2D eigenvalue weighted by Crippen LogP contribution is 2.38. The van der Waals surface area contributed by atoms with Crippen LogP contribution in [0, 0.1) is 0 Å². The topological polar surface area (TPSA) is 47.1 Å². The molecule has 0 atom stereocenters. The Kier molecular flexibility index (Phi) is 3.37. The molecule has 19 heavy (non-hydrogen) atoms. The van der Waals surface area contributed by atoms with E-state index in [-0.39, 0.29) is 5.82 Å². The lowest BCUT2D eigenvalue weighted by Crippen LogP contribution is -2.05. The number of nitrogens with one attached hydrogen (secondary N) is 1. The molecule has 2 aromatic rings. The van der Waals surface area contributed by atoms with Gasteiger partial charge in [0, 0.05) is 0 Å². The molecule has 0 aliphatic carbocycles. The minimum absolute atomic E-state index is 0.0432. The summed E-state index contributed by atoms with van der Waals surface area (Å²) in [6.45, 7) is 0. The van der Waals surface area contributed by atoms with Gasteiger partial charge in [0.15, 0.2) is 0 Å². The van der Waals surface area contributed by atoms with Crippen molar-refractivity contribution in [3.8, 4) is 22.9 Å². The van der Waals surface area contributed by atoms with Gasteiger partial charge in [0.05, 0.1) is 20.4 Å². The molecular weight excluding hydrogens is 261 g/mol. The maximum absolute atomic E-state index is 12.5. The molecule has 0 bridgehead atoms. The molecule has 4 nitrogen and oxygen atoms in total. The quantitative estimate of drug-likeness (QED) is 0.933. The number of ether oxygens (including phenoxy) is 2. The highest BCUT2D eigenvalue weighted by atomic mass is 19.4. The lowest BCUT2D eigenvalue weighted by Gasteiger charge is -2.10. The minimum Gasteiger partial charge on any atom is -0.496 e. The van der Waals surface area contributed by atoms with Crippen molar-refractivity contribution >= 4 is 0 Å². The van der Waals surface area contributed by atoms with Gasteiger partial charge in [-0.3, -0.25) is 0 Å². The molecule has 0 saturated carbocycles. The van der Waals surface area contributed by atoms with Crippen molar-refractivity contribution in [2.75, 3.05) is 14.2 Å². The summed E-state index contributed by atoms with van der Waals surface area (Å²) in [6, 6.07) is 4.91. The van der Waals surface area contributed by atoms with Gasteiger partial charge in [-0.05, 0) is 12.1 Å². The number of methoxy groups -OCH3 is 2. The summed E-state index contributed by atoms with van der Waals surface area (Å²) < 4.78 is 47.9. The SMILES string of the molecule is COc1cccc(OC)c1-c1ncc(C(F)(F)F)[nH]1. The highest BCUT2D eigenvalue weighted by Gasteiger charge is 2.33. The van der Waals surface area contributed by atoms with E-state index >= 15 is 0 Å². The summed E-state index contributed by atoms with van der Waals surface area (Å²) in [5.41, 5.74) is -0.571. The van der Waals surface area contributed by atoms with Crippen LogP contribution in [0.4, 0.5) is 13.2 Å². The second-order valence-corrected chi connectivity index (χ2v) is 3.68. The van der Waals surface area contributed by atoms with Crippen LogP contribution in [-0.2, 0) is 6.18 Å². The molecule has 2 rings (SSSR count). The monoisotopic (exact) mass is 272 g/mol. The average Bonchev–Trinajstić information content (AvgIpc) is 2.86. The van der Waals surface area contributed by atoms with E-state index in [4.69, 9.17) is 9.47 Å². The van der Waals surface area contributed by atoms with E-state index in [1.54, 1.807) is 18.2 Å². The zero-order valence-corrected chi connectivity index (χ0v) is 10.2. The molecule has 1 heterocycles. The average molecular weight is 272 g/mol. The first-order valence-corrected chi connectivity index (χ1v) is 5.31. The summed E-state index contributed by atoms with van der Waals surface area (Å²) in [7, 11) is 2.85. The van der Waals surface area contributed by atoms with Gasteiger partial charge in [-0.25, -0.2) is 4.98 Å². The second-order valence-electron chi connectivity index (χ2n) is 3.68.